The van der Waals surface area contributed by atoms with Crippen molar-refractivity contribution in [2.75, 3.05) is 19.4 Å². The van der Waals surface area contributed by atoms with Gasteiger partial charge in [0.25, 0.3) is 17.3 Å². The van der Waals surface area contributed by atoms with Gasteiger partial charge in [0.05, 0.1) is 28.6 Å². The van der Waals surface area contributed by atoms with Gasteiger partial charge in [-0.25, -0.2) is 0 Å². The molecule has 1 aliphatic rings. The lowest BCUT2D eigenvalue weighted by Gasteiger charge is -2.24. The van der Waals surface area contributed by atoms with Crippen molar-refractivity contribution in [1.82, 2.24) is 4.90 Å². The second kappa shape index (κ2) is 7.62. The third kappa shape index (κ3) is 3.85. The molecule has 9 nitrogen and oxygen atoms in total. The Labute approximate surface area is 158 Å². The summed E-state index contributed by atoms with van der Waals surface area (Å²) in [6.45, 7) is 0.441. The van der Waals surface area contributed by atoms with E-state index in [1.54, 1.807) is 35.9 Å². The maximum Gasteiger partial charge on any atom is 0.277 e. The van der Waals surface area contributed by atoms with Gasteiger partial charge in [0.15, 0.2) is 0 Å². The Morgan fingerprint density at radius 1 is 1.11 bits per heavy atom. The molecule has 27 heavy (non-hydrogen) atoms. The van der Waals surface area contributed by atoms with Gasteiger partial charge in [-0.2, -0.15) is 0 Å². The van der Waals surface area contributed by atoms with Crippen molar-refractivity contribution in [3.05, 3.63) is 73.8 Å². The molecule has 0 aromatic heterocycles. The molecule has 1 saturated heterocycles. The minimum atomic E-state index is -0.747. The largest absolute Gasteiger partial charge is 0.497 e. The highest BCUT2D eigenvalue weighted by Crippen LogP contribution is 2.39. The Morgan fingerprint density at radius 3 is 2.22 bits per heavy atom. The molecule has 1 fully saturated rings. The van der Waals surface area contributed by atoms with Crippen molar-refractivity contribution in [1.29, 1.82) is 0 Å². The molecule has 0 N–H and O–H groups in total. The zero-order chi connectivity index (χ0) is 19.6. The standard InChI is InChI=1S/C17H15N3O6S/c1-26-15-4-2-11(3-5-15)17-18(6-7-27-17)16(21)12-8-13(19(22)23)10-14(9-12)20(24)25/h2-5,8-10,17H,6-7H2,1H3. The van der Waals surface area contributed by atoms with Crippen LogP contribution in [0.5, 0.6) is 5.75 Å². The smallest absolute Gasteiger partial charge is 0.277 e. The molecule has 0 bridgehead atoms. The van der Waals surface area contributed by atoms with E-state index in [1.165, 1.54) is 0 Å². The van der Waals surface area contributed by atoms with E-state index in [9.17, 15) is 25.0 Å². The minimum absolute atomic E-state index is 0.0723. The second-order valence-corrected chi connectivity index (χ2v) is 6.94. The van der Waals surface area contributed by atoms with Crippen LogP contribution in [0, 0.1) is 20.2 Å². The average molecular weight is 389 g/mol. The molecular weight excluding hydrogens is 374 g/mol. The lowest BCUT2D eigenvalue weighted by Crippen LogP contribution is -2.30. The molecule has 0 radical (unpaired) electrons. The van der Waals surface area contributed by atoms with Crippen molar-refractivity contribution in [2.45, 2.75) is 5.37 Å². The van der Waals surface area contributed by atoms with Crippen LogP contribution < -0.4 is 4.74 Å². The Morgan fingerprint density at radius 2 is 1.70 bits per heavy atom. The van der Waals surface area contributed by atoms with E-state index in [2.05, 4.69) is 0 Å². The topological polar surface area (TPSA) is 116 Å². The first kappa shape index (κ1) is 18.6. The summed E-state index contributed by atoms with van der Waals surface area (Å²) in [6.07, 6.45) is 0. The first-order valence-corrected chi connectivity index (χ1v) is 8.96. The van der Waals surface area contributed by atoms with Crippen LogP contribution in [-0.2, 0) is 0 Å². The van der Waals surface area contributed by atoms with Crippen LogP contribution in [0.25, 0.3) is 0 Å². The molecule has 140 valence electrons. The summed E-state index contributed by atoms with van der Waals surface area (Å²) >= 11 is 1.56. The number of nitro benzene ring substituents is 2. The van der Waals surface area contributed by atoms with Gasteiger partial charge >= 0.3 is 0 Å². The molecule has 10 heteroatoms. The second-order valence-electron chi connectivity index (χ2n) is 5.75. The quantitative estimate of drug-likeness (QED) is 0.568. The molecule has 2 aromatic carbocycles. The number of rotatable bonds is 5. The predicted octanol–water partition coefficient (Wildman–Crippen LogP) is 3.40. The number of hydrogen-bond acceptors (Lipinski definition) is 7. The highest BCUT2D eigenvalue weighted by Gasteiger charge is 2.33. The monoisotopic (exact) mass is 389 g/mol. The molecule has 1 aliphatic heterocycles. The van der Waals surface area contributed by atoms with Crippen molar-refractivity contribution >= 4 is 29.0 Å². The van der Waals surface area contributed by atoms with Crippen LogP contribution >= 0.6 is 11.8 Å². The lowest BCUT2D eigenvalue weighted by atomic mass is 10.1. The van der Waals surface area contributed by atoms with Crippen LogP contribution in [0.4, 0.5) is 11.4 Å². The highest BCUT2D eigenvalue weighted by atomic mass is 32.2. The molecule has 0 saturated carbocycles. The third-order valence-electron chi connectivity index (χ3n) is 4.12. The number of carbonyl (C=O) groups is 1. The molecule has 0 aliphatic carbocycles. The number of non-ortho nitro benzene ring substituents is 2. The molecule has 1 atom stereocenters. The van der Waals surface area contributed by atoms with Crippen LogP contribution in [0.15, 0.2) is 42.5 Å². The first-order chi connectivity index (χ1) is 12.9. The number of carbonyl (C=O) groups excluding carboxylic acids is 1. The zero-order valence-electron chi connectivity index (χ0n) is 14.2. The van der Waals surface area contributed by atoms with Gasteiger partial charge < -0.3 is 9.64 Å². The van der Waals surface area contributed by atoms with Gasteiger partial charge in [-0.15, -0.1) is 11.8 Å². The van der Waals surface area contributed by atoms with Gasteiger partial charge in [0, 0.05) is 24.4 Å². The summed E-state index contributed by atoms with van der Waals surface area (Å²) in [5.74, 6) is 0.904. The summed E-state index contributed by atoms with van der Waals surface area (Å²) in [7, 11) is 1.56. The Hall–Kier alpha value is -3.14. The van der Waals surface area contributed by atoms with Crippen molar-refractivity contribution in [3.63, 3.8) is 0 Å². The van der Waals surface area contributed by atoms with Crippen molar-refractivity contribution in [2.24, 2.45) is 0 Å². The van der Waals surface area contributed by atoms with Gasteiger partial charge in [-0.3, -0.25) is 25.0 Å². The number of thioether (sulfide) groups is 1. The Balaban J connectivity index is 1.93. The lowest BCUT2D eigenvalue weighted by molar-refractivity contribution is -0.394. The molecule has 1 heterocycles. The molecule has 3 rings (SSSR count). The average Bonchev–Trinajstić information content (AvgIpc) is 3.16. The first-order valence-electron chi connectivity index (χ1n) is 7.91. The fraction of sp³-hybridized carbons (Fsp3) is 0.235. The highest BCUT2D eigenvalue weighted by molar-refractivity contribution is 7.99. The van der Waals surface area contributed by atoms with Crippen LogP contribution in [0.2, 0.25) is 0 Å². The summed E-state index contributed by atoms with van der Waals surface area (Å²) in [5.41, 5.74) is -0.163. The van der Waals surface area contributed by atoms with Crippen molar-refractivity contribution in [3.8, 4) is 5.75 Å². The summed E-state index contributed by atoms with van der Waals surface area (Å²) in [5, 5.41) is 21.8. The molecule has 2 aromatic rings. The number of benzene rings is 2. The number of hydrogen-bond donors (Lipinski definition) is 0. The molecular formula is C17H15N3O6S. The number of nitrogens with zero attached hydrogens (tertiary/aromatic N) is 3. The van der Waals surface area contributed by atoms with Gasteiger partial charge in [0.1, 0.15) is 11.1 Å². The Bertz CT molecular complexity index is 870. The summed E-state index contributed by atoms with van der Waals surface area (Å²) < 4.78 is 5.13. The van der Waals surface area contributed by atoms with Crippen LogP contribution in [0.1, 0.15) is 21.3 Å². The third-order valence-corrected chi connectivity index (χ3v) is 5.38. The summed E-state index contributed by atoms with van der Waals surface area (Å²) in [4.78, 5) is 35.1. The SMILES string of the molecule is COc1ccc(C2SCCN2C(=O)c2cc([N+](=O)[O-])cc([N+](=O)[O-])c2)cc1. The normalized spacial score (nSPS) is 16.2. The minimum Gasteiger partial charge on any atom is -0.497 e. The number of amides is 1. The van der Waals surface area contributed by atoms with E-state index < -0.39 is 27.1 Å². The van der Waals surface area contributed by atoms with Crippen molar-refractivity contribution < 1.29 is 19.4 Å². The summed E-state index contributed by atoms with van der Waals surface area (Å²) in [6, 6.07) is 10.3. The Kier molecular flexibility index (Phi) is 5.26. The van der Waals surface area contributed by atoms with Crippen LogP contribution in [-0.4, -0.2) is 40.1 Å². The molecule has 0 spiro atoms. The fourth-order valence-corrected chi connectivity index (χ4v) is 4.07. The molecule has 1 amide bonds. The number of nitro groups is 2. The van der Waals surface area contributed by atoms with E-state index in [0.29, 0.717) is 18.0 Å². The van der Waals surface area contributed by atoms with E-state index in [-0.39, 0.29) is 10.9 Å². The van der Waals surface area contributed by atoms with Gasteiger partial charge in [0.2, 0.25) is 0 Å². The molecule has 1 unspecified atom stereocenters. The zero-order valence-corrected chi connectivity index (χ0v) is 15.0. The predicted molar refractivity (Wildman–Crippen MR) is 99.0 cm³/mol. The van der Waals surface area contributed by atoms with E-state index in [4.69, 9.17) is 4.74 Å². The number of ether oxygens (including phenoxy) is 1. The van der Waals surface area contributed by atoms with Gasteiger partial charge in [-0.1, -0.05) is 12.1 Å². The van der Waals surface area contributed by atoms with E-state index >= 15 is 0 Å². The van der Waals surface area contributed by atoms with E-state index in [0.717, 1.165) is 23.8 Å². The fourth-order valence-electron chi connectivity index (χ4n) is 2.82. The maximum absolute atomic E-state index is 12.9. The van der Waals surface area contributed by atoms with E-state index in [1.807, 2.05) is 12.1 Å². The van der Waals surface area contributed by atoms with Crippen LogP contribution in [0.3, 0.4) is 0 Å². The van der Waals surface area contributed by atoms with Gasteiger partial charge in [-0.05, 0) is 17.7 Å². The number of methoxy groups -OCH3 is 1. The maximum atomic E-state index is 12.9.